The molecule has 2 saturated heterocycles. The molecule has 2 atom stereocenters. The number of nitrogens with zero attached hydrogens (tertiary/aromatic N) is 3. The molecule has 4 rings (SSSR count). The summed E-state index contributed by atoms with van der Waals surface area (Å²) in [7, 11) is 0. The maximum atomic E-state index is 12.6. The molecular formula is C18H22N4O2S. The van der Waals surface area contributed by atoms with Crippen molar-refractivity contribution in [2.75, 3.05) is 26.2 Å². The fourth-order valence-electron chi connectivity index (χ4n) is 3.84. The van der Waals surface area contributed by atoms with Crippen molar-refractivity contribution in [3.63, 3.8) is 0 Å². The van der Waals surface area contributed by atoms with Gasteiger partial charge in [-0.1, -0.05) is 6.07 Å². The fraction of sp³-hybridized carbons (Fsp3) is 0.500. The topological polar surface area (TPSA) is 67.4 Å². The Kier molecular flexibility index (Phi) is 4.43. The van der Waals surface area contributed by atoms with E-state index in [-0.39, 0.29) is 17.2 Å². The highest BCUT2D eigenvalue weighted by Gasteiger charge is 2.54. The van der Waals surface area contributed by atoms with Crippen molar-refractivity contribution in [3.8, 4) is 5.88 Å². The van der Waals surface area contributed by atoms with E-state index in [4.69, 9.17) is 4.74 Å². The number of likely N-dealkylation sites (tertiary alicyclic amines) is 1. The van der Waals surface area contributed by atoms with Crippen LogP contribution in [0.15, 0.2) is 29.8 Å². The van der Waals surface area contributed by atoms with Crippen molar-refractivity contribution in [2.24, 2.45) is 11.3 Å². The number of aromatic nitrogens is 2. The highest BCUT2D eigenvalue weighted by atomic mass is 32.1. The van der Waals surface area contributed by atoms with Gasteiger partial charge in [0.15, 0.2) is 0 Å². The number of carbonyl (C=O) groups is 1. The lowest BCUT2D eigenvalue weighted by Crippen LogP contribution is -2.40. The zero-order chi connectivity index (χ0) is 17.3. The average molecular weight is 358 g/mol. The van der Waals surface area contributed by atoms with Gasteiger partial charge in [0.1, 0.15) is 5.01 Å². The van der Waals surface area contributed by atoms with Crippen LogP contribution in [0.25, 0.3) is 0 Å². The molecule has 1 N–H and O–H groups in total. The predicted octanol–water partition coefficient (Wildman–Crippen LogP) is 1.86. The molecule has 0 unspecified atom stereocenters. The molecule has 0 bridgehead atoms. The lowest BCUT2D eigenvalue weighted by Gasteiger charge is -2.28. The number of pyridine rings is 1. The normalized spacial score (nSPS) is 26.3. The predicted molar refractivity (Wildman–Crippen MR) is 95.4 cm³/mol. The summed E-state index contributed by atoms with van der Waals surface area (Å²) in [5.74, 6) is 0.954. The first-order chi connectivity index (χ1) is 12.2. The zero-order valence-corrected chi connectivity index (χ0v) is 15.1. The highest BCUT2D eigenvalue weighted by Crippen LogP contribution is 2.42. The second-order valence-electron chi connectivity index (χ2n) is 6.89. The van der Waals surface area contributed by atoms with Gasteiger partial charge in [-0.15, -0.1) is 11.3 Å². The van der Waals surface area contributed by atoms with Crippen LogP contribution in [0.3, 0.4) is 0 Å². The second-order valence-corrected chi connectivity index (χ2v) is 7.83. The van der Waals surface area contributed by atoms with Gasteiger partial charge < -0.3 is 10.1 Å². The van der Waals surface area contributed by atoms with Gasteiger partial charge in [-0.05, 0) is 26.0 Å². The van der Waals surface area contributed by atoms with E-state index < -0.39 is 0 Å². The van der Waals surface area contributed by atoms with Crippen molar-refractivity contribution in [1.82, 2.24) is 20.2 Å². The summed E-state index contributed by atoms with van der Waals surface area (Å²) in [6.07, 6.45) is 2.59. The van der Waals surface area contributed by atoms with E-state index in [1.54, 1.807) is 17.5 Å². The largest absolute Gasteiger partial charge is 0.477 e. The third-order valence-electron chi connectivity index (χ3n) is 5.22. The van der Waals surface area contributed by atoms with Crippen LogP contribution in [0.2, 0.25) is 0 Å². The van der Waals surface area contributed by atoms with Crippen LogP contribution in [-0.4, -0.2) is 47.0 Å². The minimum Gasteiger partial charge on any atom is -0.477 e. The number of ether oxygens (including phenoxy) is 1. The lowest BCUT2D eigenvalue weighted by molar-refractivity contribution is -0.128. The maximum Gasteiger partial charge on any atom is 0.228 e. The quantitative estimate of drug-likeness (QED) is 0.884. The molecule has 0 saturated carbocycles. The molecule has 2 aliphatic rings. The fourth-order valence-corrected chi connectivity index (χ4v) is 4.66. The first-order valence-corrected chi connectivity index (χ1v) is 9.49. The smallest absolute Gasteiger partial charge is 0.228 e. The number of nitrogens with one attached hydrogen (secondary N) is 1. The molecule has 6 nitrogen and oxygen atoms in total. The molecule has 1 amide bonds. The van der Waals surface area contributed by atoms with Gasteiger partial charge in [-0.3, -0.25) is 9.69 Å². The molecule has 0 aliphatic carbocycles. The Morgan fingerprint density at radius 1 is 1.48 bits per heavy atom. The molecule has 4 heterocycles. The summed E-state index contributed by atoms with van der Waals surface area (Å²) in [6.45, 7) is 5.72. The number of hydrogen-bond donors (Lipinski definition) is 1. The van der Waals surface area contributed by atoms with Crippen LogP contribution in [0.4, 0.5) is 0 Å². The van der Waals surface area contributed by atoms with E-state index in [9.17, 15) is 4.79 Å². The third kappa shape index (κ3) is 3.26. The van der Waals surface area contributed by atoms with E-state index >= 15 is 0 Å². The van der Waals surface area contributed by atoms with Crippen LogP contribution in [0.5, 0.6) is 5.88 Å². The van der Waals surface area contributed by atoms with Gasteiger partial charge in [-0.25, -0.2) is 9.97 Å². The maximum absolute atomic E-state index is 12.6. The molecule has 25 heavy (non-hydrogen) atoms. The van der Waals surface area contributed by atoms with Crippen LogP contribution in [-0.2, 0) is 11.3 Å². The van der Waals surface area contributed by atoms with Crippen LogP contribution >= 0.6 is 11.3 Å². The number of thiazole rings is 1. The average Bonchev–Trinajstić information content (AvgIpc) is 3.30. The first kappa shape index (κ1) is 16.5. The van der Waals surface area contributed by atoms with Crippen molar-refractivity contribution in [3.05, 3.63) is 40.5 Å². The van der Waals surface area contributed by atoms with Gasteiger partial charge in [0, 0.05) is 42.3 Å². The van der Waals surface area contributed by atoms with E-state index in [1.165, 1.54) is 0 Å². The number of amides is 1. The zero-order valence-electron chi connectivity index (χ0n) is 14.3. The molecule has 2 fully saturated rings. The molecule has 7 heteroatoms. The van der Waals surface area contributed by atoms with Gasteiger partial charge in [0.25, 0.3) is 0 Å². The van der Waals surface area contributed by atoms with Crippen molar-refractivity contribution in [2.45, 2.75) is 19.9 Å². The van der Waals surface area contributed by atoms with Crippen molar-refractivity contribution >= 4 is 17.2 Å². The Morgan fingerprint density at radius 2 is 2.40 bits per heavy atom. The molecule has 2 aromatic rings. The van der Waals surface area contributed by atoms with Gasteiger partial charge in [0.2, 0.25) is 11.8 Å². The Balaban J connectivity index is 1.42. The standard InChI is InChI=1S/C18H22N4O2S/c1-13-11-25-16(21-13)9-22-7-5-18(12-22)14(8-20-17(18)23)10-24-15-4-2-3-6-19-15/h2-4,6,11,14H,5,7-10,12H2,1H3,(H,20,23)/t14-,18+/m0/s1. The van der Waals surface area contributed by atoms with Gasteiger partial charge in [-0.2, -0.15) is 0 Å². The summed E-state index contributed by atoms with van der Waals surface area (Å²) >= 11 is 1.69. The Bertz CT molecular complexity index is 751. The molecule has 2 aliphatic heterocycles. The van der Waals surface area contributed by atoms with Crippen molar-refractivity contribution < 1.29 is 9.53 Å². The molecule has 1 spiro atoms. The van der Waals surface area contributed by atoms with Crippen molar-refractivity contribution in [1.29, 1.82) is 0 Å². The summed E-state index contributed by atoms with van der Waals surface area (Å²) < 4.78 is 5.85. The van der Waals surface area contributed by atoms with E-state index in [2.05, 4.69) is 25.6 Å². The van der Waals surface area contributed by atoms with Crippen LogP contribution in [0.1, 0.15) is 17.1 Å². The van der Waals surface area contributed by atoms with E-state index in [0.29, 0.717) is 19.0 Å². The number of hydrogen-bond acceptors (Lipinski definition) is 6. The number of carbonyl (C=O) groups excluding carboxylic acids is 1. The highest BCUT2D eigenvalue weighted by molar-refractivity contribution is 7.09. The van der Waals surface area contributed by atoms with Crippen LogP contribution < -0.4 is 10.1 Å². The lowest BCUT2D eigenvalue weighted by atomic mass is 9.77. The molecular weight excluding hydrogens is 336 g/mol. The first-order valence-electron chi connectivity index (χ1n) is 8.61. The summed E-state index contributed by atoms with van der Waals surface area (Å²) in [4.78, 5) is 23.7. The Labute approximate surface area is 151 Å². The minimum atomic E-state index is -0.346. The Hall–Kier alpha value is -1.99. The van der Waals surface area contributed by atoms with E-state index in [1.807, 2.05) is 25.1 Å². The van der Waals surface area contributed by atoms with E-state index in [0.717, 1.165) is 36.8 Å². The summed E-state index contributed by atoms with van der Waals surface area (Å²) in [6, 6.07) is 5.62. The Morgan fingerprint density at radius 3 is 3.16 bits per heavy atom. The monoisotopic (exact) mass is 358 g/mol. The minimum absolute atomic E-state index is 0.167. The molecule has 2 aromatic heterocycles. The molecule has 132 valence electrons. The molecule has 0 aromatic carbocycles. The second kappa shape index (κ2) is 6.72. The molecule has 0 radical (unpaired) electrons. The van der Waals surface area contributed by atoms with Gasteiger partial charge >= 0.3 is 0 Å². The summed E-state index contributed by atoms with van der Waals surface area (Å²) in [5.41, 5.74) is 0.718. The number of rotatable bonds is 5. The van der Waals surface area contributed by atoms with Gasteiger partial charge in [0.05, 0.1) is 18.6 Å². The number of aryl methyl sites for hydroxylation is 1. The third-order valence-corrected chi connectivity index (χ3v) is 6.17. The summed E-state index contributed by atoms with van der Waals surface area (Å²) in [5, 5.41) is 6.24. The SMILES string of the molecule is Cc1csc(CN2CC[C@]3(C2)C(=O)NC[C@H]3COc2ccccn2)n1. The van der Waals surface area contributed by atoms with Crippen LogP contribution in [0, 0.1) is 18.3 Å².